The smallest absolute Gasteiger partial charge is 0.152 e. The molecule has 0 aliphatic heterocycles. The lowest BCUT2D eigenvalue weighted by Gasteiger charge is -2.08. The van der Waals surface area contributed by atoms with Crippen LogP contribution in [0, 0.1) is 5.92 Å². The lowest BCUT2D eigenvalue weighted by molar-refractivity contribution is -0.115. The molecular weight excluding hydrogens is 172 g/mol. The summed E-state index contributed by atoms with van der Waals surface area (Å²) in [5.41, 5.74) is 0.911. The van der Waals surface area contributed by atoms with Crippen molar-refractivity contribution in [1.29, 1.82) is 0 Å². The zero-order chi connectivity index (χ0) is 10.4. The van der Waals surface area contributed by atoms with E-state index in [1.54, 1.807) is 12.2 Å². The van der Waals surface area contributed by atoms with Crippen LogP contribution in [0.1, 0.15) is 12.0 Å². The fourth-order valence-electron chi connectivity index (χ4n) is 1.25. The van der Waals surface area contributed by atoms with E-state index in [0.29, 0.717) is 12.3 Å². The molecule has 0 saturated carbocycles. The van der Waals surface area contributed by atoms with Crippen molar-refractivity contribution in [2.24, 2.45) is 0 Å². The summed E-state index contributed by atoms with van der Waals surface area (Å²) in [4.78, 5) is 11.6. The fraction of sp³-hybridized carbons (Fsp3) is 0.0769. The molecule has 14 heavy (non-hydrogen) atoms. The third-order valence-electron chi connectivity index (χ3n) is 1.92. The van der Waals surface area contributed by atoms with Crippen LogP contribution in [0.5, 0.6) is 0 Å². The van der Waals surface area contributed by atoms with Crippen LogP contribution < -0.4 is 0 Å². The molecule has 0 spiro atoms. The minimum absolute atomic E-state index is 0.0567. The maximum Gasteiger partial charge on any atom is 0.152 e. The molecule has 1 nitrogen and oxygen atoms in total. The average Bonchev–Trinajstić information content (AvgIpc) is 2.21. The number of ketones is 1. The van der Waals surface area contributed by atoms with Crippen LogP contribution >= 0.6 is 0 Å². The highest BCUT2D eigenvalue weighted by molar-refractivity contribution is 5.99. The van der Waals surface area contributed by atoms with Gasteiger partial charge in [-0.25, -0.2) is 0 Å². The highest BCUT2D eigenvalue weighted by atomic mass is 16.1. The largest absolute Gasteiger partial charge is 0.298 e. The standard InChI is InChI=1S/C13H13O/c1-3-8-13(14)12(4-2)11-9-6-5-7-10-11/h3-7,9-10H,1-2,8H2. The van der Waals surface area contributed by atoms with E-state index in [1.807, 2.05) is 30.3 Å². The molecule has 1 rings (SSSR count). The van der Waals surface area contributed by atoms with Crippen LogP contribution in [0.3, 0.4) is 0 Å². The topological polar surface area (TPSA) is 17.1 Å². The molecule has 0 aromatic heterocycles. The normalized spacial score (nSPS) is 9.79. The van der Waals surface area contributed by atoms with Gasteiger partial charge in [-0.1, -0.05) is 42.5 Å². The molecule has 0 saturated heterocycles. The van der Waals surface area contributed by atoms with Crippen molar-refractivity contribution < 1.29 is 4.79 Å². The molecule has 0 fully saturated rings. The number of Topliss-reactive ketones (excluding diaryl/α,β-unsaturated/α-hetero) is 1. The fourth-order valence-corrected chi connectivity index (χ4v) is 1.25. The second kappa shape index (κ2) is 5.18. The van der Waals surface area contributed by atoms with E-state index in [0.717, 1.165) is 5.56 Å². The van der Waals surface area contributed by atoms with Gasteiger partial charge in [0.15, 0.2) is 5.78 Å². The Labute approximate surface area is 84.8 Å². The van der Waals surface area contributed by atoms with Crippen LogP contribution in [0.15, 0.2) is 55.6 Å². The predicted molar refractivity (Wildman–Crippen MR) is 58.8 cm³/mol. The second-order valence-corrected chi connectivity index (χ2v) is 2.90. The van der Waals surface area contributed by atoms with Gasteiger partial charge >= 0.3 is 0 Å². The molecule has 71 valence electrons. The van der Waals surface area contributed by atoms with Gasteiger partial charge < -0.3 is 0 Å². The van der Waals surface area contributed by atoms with Crippen molar-refractivity contribution in [2.45, 2.75) is 6.42 Å². The summed E-state index contributed by atoms with van der Waals surface area (Å²) in [7, 11) is 0. The Kier molecular flexibility index (Phi) is 3.86. The van der Waals surface area contributed by atoms with Crippen LogP contribution in [0.2, 0.25) is 0 Å². The van der Waals surface area contributed by atoms with Crippen molar-refractivity contribution >= 4 is 5.78 Å². The van der Waals surface area contributed by atoms with Gasteiger partial charge in [0.1, 0.15) is 0 Å². The van der Waals surface area contributed by atoms with Gasteiger partial charge in [-0.2, -0.15) is 0 Å². The molecule has 1 aromatic rings. The Morgan fingerprint density at radius 1 is 1.21 bits per heavy atom. The Morgan fingerprint density at radius 3 is 2.36 bits per heavy atom. The number of carbonyl (C=O) groups excluding carboxylic acids is 1. The predicted octanol–water partition coefficient (Wildman–Crippen LogP) is 2.94. The zero-order valence-corrected chi connectivity index (χ0v) is 8.07. The molecule has 1 heteroatoms. The molecule has 0 bridgehead atoms. The van der Waals surface area contributed by atoms with Gasteiger partial charge in [-0.3, -0.25) is 4.79 Å². The van der Waals surface area contributed by atoms with Crippen LogP contribution in [0.4, 0.5) is 0 Å². The lowest BCUT2D eigenvalue weighted by Crippen LogP contribution is -2.09. The quantitative estimate of drug-likeness (QED) is 0.644. The first-order chi connectivity index (χ1) is 6.79. The number of hydrogen-bond acceptors (Lipinski definition) is 1. The second-order valence-electron chi connectivity index (χ2n) is 2.90. The number of allylic oxidation sites excluding steroid dienone is 2. The van der Waals surface area contributed by atoms with Crippen molar-refractivity contribution in [3.05, 3.63) is 67.1 Å². The van der Waals surface area contributed by atoms with Gasteiger partial charge in [0.2, 0.25) is 0 Å². The molecule has 0 aliphatic carbocycles. The van der Waals surface area contributed by atoms with Gasteiger partial charge in [-0.15, -0.1) is 13.2 Å². The highest BCUT2D eigenvalue weighted by Crippen LogP contribution is 2.17. The van der Waals surface area contributed by atoms with Gasteiger partial charge in [0.05, 0.1) is 5.92 Å². The Hall–Kier alpha value is -1.63. The summed E-state index contributed by atoms with van der Waals surface area (Å²) in [6, 6.07) is 9.53. The lowest BCUT2D eigenvalue weighted by atomic mass is 9.93. The minimum atomic E-state index is 0.0567. The van der Waals surface area contributed by atoms with Gasteiger partial charge in [-0.05, 0) is 5.56 Å². The number of carbonyl (C=O) groups is 1. The maximum atomic E-state index is 11.6. The molecule has 0 heterocycles. The van der Waals surface area contributed by atoms with E-state index in [2.05, 4.69) is 13.2 Å². The summed E-state index contributed by atoms with van der Waals surface area (Å²) < 4.78 is 0. The summed E-state index contributed by atoms with van der Waals surface area (Å²) in [6.07, 6.45) is 3.56. The molecular formula is C13H13O. The molecule has 0 aliphatic rings. The van der Waals surface area contributed by atoms with Crippen LogP contribution in [-0.4, -0.2) is 5.78 Å². The number of hydrogen-bond donors (Lipinski definition) is 0. The Morgan fingerprint density at radius 2 is 1.86 bits per heavy atom. The van der Waals surface area contributed by atoms with Crippen molar-refractivity contribution in [3.8, 4) is 0 Å². The molecule has 0 N–H and O–H groups in total. The van der Waals surface area contributed by atoms with Crippen LogP contribution in [-0.2, 0) is 4.79 Å². The molecule has 0 unspecified atom stereocenters. The van der Waals surface area contributed by atoms with E-state index in [-0.39, 0.29) is 5.78 Å². The average molecular weight is 185 g/mol. The first-order valence-corrected chi connectivity index (χ1v) is 4.48. The third-order valence-corrected chi connectivity index (χ3v) is 1.92. The third kappa shape index (κ3) is 2.43. The summed E-state index contributed by atoms with van der Waals surface area (Å²) >= 11 is 0. The molecule has 1 radical (unpaired) electrons. The van der Waals surface area contributed by atoms with E-state index in [4.69, 9.17) is 0 Å². The van der Waals surface area contributed by atoms with Crippen molar-refractivity contribution in [2.75, 3.05) is 0 Å². The van der Waals surface area contributed by atoms with E-state index in [1.165, 1.54) is 0 Å². The van der Waals surface area contributed by atoms with E-state index >= 15 is 0 Å². The SMILES string of the molecule is C=CCC(=O)[C](C=C)c1ccccc1. The Bertz CT molecular complexity index is 324. The first-order valence-electron chi connectivity index (χ1n) is 4.48. The Balaban J connectivity index is 2.87. The summed E-state index contributed by atoms with van der Waals surface area (Å²) in [5, 5.41) is 0. The highest BCUT2D eigenvalue weighted by Gasteiger charge is 2.15. The molecule has 1 aromatic carbocycles. The minimum Gasteiger partial charge on any atom is -0.298 e. The number of benzene rings is 1. The van der Waals surface area contributed by atoms with E-state index < -0.39 is 0 Å². The number of rotatable bonds is 5. The van der Waals surface area contributed by atoms with E-state index in [9.17, 15) is 4.79 Å². The van der Waals surface area contributed by atoms with Crippen molar-refractivity contribution in [1.82, 2.24) is 0 Å². The van der Waals surface area contributed by atoms with Gasteiger partial charge in [0, 0.05) is 6.42 Å². The zero-order valence-electron chi connectivity index (χ0n) is 8.07. The molecule has 0 amide bonds. The first kappa shape index (κ1) is 10.5. The van der Waals surface area contributed by atoms with Gasteiger partial charge in [0.25, 0.3) is 0 Å². The molecule has 0 atom stereocenters. The summed E-state index contributed by atoms with van der Waals surface area (Å²) in [6.45, 7) is 7.19. The monoisotopic (exact) mass is 185 g/mol. The van der Waals surface area contributed by atoms with Crippen molar-refractivity contribution in [3.63, 3.8) is 0 Å². The van der Waals surface area contributed by atoms with Crippen LogP contribution in [0.25, 0.3) is 0 Å². The summed E-state index contributed by atoms with van der Waals surface area (Å²) in [5.74, 6) is 0.715. The maximum absolute atomic E-state index is 11.6.